The normalized spacial score (nSPS) is 12.5. The van der Waals surface area contributed by atoms with E-state index in [0.717, 1.165) is 22.5 Å². The highest BCUT2D eigenvalue weighted by Crippen LogP contribution is 2.37. The molecule has 0 heterocycles. The number of anilines is 2. The van der Waals surface area contributed by atoms with Crippen molar-refractivity contribution < 1.29 is 10.2 Å². The fourth-order valence-electron chi connectivity index (χ4n) is 3.99. The minimum Gasteiger partial charge on any atom is -0.505 e. The lowest BCUT2D eigenvalue weighted by Crippen LogP contribution is -2.15. The van der Waals surface area contributed by atoms with Gasteiger partial charge in [-0.2, -0.15) is 0 Å². The summed E-state index contributed by atoms with van der Waals surface area (Å²) in [7, 11) is 7.66. The number of phenolic OH excluding ortho intramolecular Hbond substituents is 2. The van der Waals surface area contributed by atoms with Crippen molar-refractivity contribution in [3.8, 4) is 11.5 Å². The van der Waals surface area contributed by atoms with Gasteiger partial charge < -0.3 is 20.0 Å². The van der Waals surface area contributed by atoms with E-state index in [1.165, 1.54) is 0 Å². The first-order valence-electron chi connectivity index (χ1n) is 12.9. The lowest BCUT2D eigenvalue weighted by molar-refractivity contribution is 0.473. The highest BCUT2D eigenvalue weighted by atomic mass is 16.3. The summed E-state index contributed by atoms with van der Waals surface area (Å²) in [5, 5.41) is 21.9. The van der Waals surface area contributed by atoms with E-state index in [4.69, 9.17) is 9.98 Å². The van der Waals surface area contributed by atoms with Crippen LogP contribution in [0.25, 0.3) is 0 Å². The molecule has 0 aliphatic rings. The summed E-state index contributed by atoms with van der Waals surface area (Å²) in [6.07, 6.45) is 3.38. The molecule has 0 aliphatic heterocycles. The van der Waals surface area contributed by atoms with Crippen LogP contribution >= 0.6 is 0 Å². The van der Waals surface area contributed by atoms with Gasteiger partial charge in [0.15, 0.2) is 0 Å². The van der Waals surface area contributed by atoms with Crippen molar-refractivity contribution in [3.05, 3.63) is 70.8 Å². The third-order valence-corrected chi connectivity index (χ3v) is 6.50. The number of aromatic hydroxyl groups is 2. The highest BCUT2D eigenvalue weighted by molar-refractivity contribution is 5.92. The van der Waals surface area contributed by atoms with Crippen molar-refractivity contribution in [2.24, 2.45) is 9.98 Å². The Morgan fingerprint density at radius 3 is 1.24 bits per heavy atom. The molecule has 0 spiro atoms. The Kier molecular flexibility index (Phi) is 8.25. The molecule has 2 N–H and O–H groups in total. The van der Waals surface area contributed by atoms with Crippen LogP contribution < -0.4 is 9.80 Å². The van der Waals surface area contributed by atoms with Crippen molar-refractivity contribution >= 4 is 35.2 Å². The molecule has 6 nitrogen and oxygen atoms in total. The Hall–Kier alpha value is -3.80. The average Bonchev–Trinajstić information content (AvgIpc) is 2.81. The number of benzene rings is 3. The molecule has 38 heavy (non-hydrogen) atoms. The zero-order chi connectivity index (χ0) is 28.4. The minimum atomic E-state index is -0.0851. The molecule has 0 aliphatic carbocycles. The van der Waals surface area contributed by atoms with Gasteiger partial charge in [0.1, 0.15) is 11.5 Å². The molecule has 0 aromatic heterocycles. The van der Waals surface area contributed by atoms with Gasteiger partial charge in [-0.15, -0.1) is 0 Å². The standard InChI is InChI=1S/C32H42N4O2/c1-31(2,3)23-15-21(29(37)27(17-23)35(7)8)19-33-25-13-11-12-14-26(25)34-20-22-16-24(32(4,5)6)18-28(30(22)38)36(9)10/h11-20,37-38H,1-10H3. The summed E-state index contributed by atoms with van der Waals surface area (Å²) in [4.78, 5) is 13.2. The van der Waals surface area contributed by atoms with E-state index in [1.807, 2.05) is 86.5 Å². The first kappa shape index (κ1) is 28.8. The number of aliphatic imine (C=N–C) groups is 2. The zero-order valence-corrected chi connectivity index (χ0v) is 24.5. The number of phenols is 2. The Balaban J connectivity index is 2.06. The van der Waals surface area contributed by atoms with Gasteiger partial charge in [0.05, 0.1) is 22.7 Å². The van der Waals surface area contributed by atoms with Gasteiger partial charge in [0.2, 0.25) is 0 Å². The van der Waals surface area contributed by atoms with Crippen molar-refractivity contribution in [1.82, 2.24) is 0 Å². The second kappa shape index (κ2) is 10.9. The molecule has 0 amide bonds. The summed E-state index contributed by atoms with van der Waals surface area (Å²) in [5.41, 5.74) is 6.15. The predicted molar refractivity (Wildman–Crippen MR) is 163 cm³/mol. The molecule has 0 fully saturated rings. The smallest absolute Gasteiger partial charge is 0.147 e. The van der Waals surface area contributed by atoms with Gasteiger partial charge in [-0.1, -0.05) is 53.7 Å². The van der Waals surface area contributed by atoms with E-state index in [9.17, 15) is 10.2 Å². The van der Waals surface area contributed by atoms with Crippen LogP contribution in [0.1, 0.15) is 63.8 Å². The fourth-order valence-corrected chi connectivity index (χ4v) is 3.99. The van der Waals surface area contributed by atoms with E-state index in [1.54, 1.807) is 12.4 Å². The van der Waals surface area contributed by atoms with Gasteiger partial charge in [-0.25, -0.2) is 0 Å². The summed E-state index contributed by atoms with van der Waals surface area (Å²) < 4.78 is 0. The molecule has 0 radical (unpaired) electrons. The number of nitrogens with zero attached hydrogens (tertiary/aromatic N) is 4. The van der Waals surface area contributed by atoms with E-state index in [-0.39, 0.29) is 22.3 Å². The van der Waals surface area contributed by atoms with Crippen molar-refractivity contribution in [3.63, 3.8) is 0 Å². The molecule has 0 saturated carbocycles. The van der Waals surface area contributed by atoms with Crippen LogP contribution in [-0.2, 0) is 10.8 Å². The zero-order valence-electron chi connectivity index (χ0n) is 24.5. The summed E-state index contributed by atoms with van der Waals surface area (Å²) >= 11 is 0. The van der Waals surface area contributed by atoms with E-state index < -0.39 is 0 Å². The number of para-hydroxylation sites is 2. The monoisotopic (exact) mass is 514 g/mol. The van der Waals surface area contributed by atoms with Gasteiger partial charge in [0.25, 0.3) is 0 Å². The maximum atomic E-state index is 10.9. The minimum absolute atomic E-state index is 0.0851. The third-order valence-electron chi connectivity index (χ3n) is 6.50. The average molecular weight is 515 g/mol. The van der Waals surface area contributed by atoms with Crippen molar-refractivity contribution in [2.75, 3.05) is 38.0 Å². The Morgan fingerprint density at radius 2 is 0.947 bits per heavy atom. The highest BCUT2D eigenvalue weighted by Gasteiger charge is 2.20. The summed E-state index contributed by atoms with van der Waals surface area (Å²) in [6.45, 7) is 12.9. The Morgan fingerprint density at radius 1 is 0.605 bits per heavy atom. The van der Waals surface area contributed by atoms with Crippen LogP contribution in [0.3, 0.4) is 0 Å². The maximum absolute atomic E-state index is 10.9. The summed E-state index contributed by atoms with van der Waals surface area (Å²) in [6, 6.07) is 15.6. The number of hydrogen-bond donors (Lipinski definition) is 2. The lowest BCUT2D eigenvalue weighted by atomic mass is 9.85. The molecule has 0 unspecified atom stereocenters. The lowest BCUT2D eigenvalue weighted by Gasteiger charge is -2.24. The molecule has 0 saturated heterocycles. The molecule has 0 atom stereocenters. The first-order chi connectivity index (χ1) is 17.6. The molecule has 6 heteroatoms. The van der Waals surface area contributed by atoms with Crippen LogP contribution in [0.2, 0.25) is 0 Å². The van der Waals surface area contributed by atoms with Crippen LogP contribution in [0.4, 0.5) is 22.7 Å². The van der Waals surface area contributed by atoms with E-state index in [0.29, 0.717) is 22.5 Å². The Bertz CT molecular complexity index is 1250. The first-order valence-corrected chi connectivity index (χ1v) is 12.9. The topological polar surface area (TPSA) is 71.7 Å². The van der Waals surface area contributed by atoms with Crippen LogP contribution in [0.15, 0.2) is 58.5 Å². The van der Waals surface area contributed by atoms with Crippen LogP contribution in [-0.4, -0.2) is 50.8 Å². The van der Waals surface area contributed by atoms with Crippen molar-refractivity contribution in [2.45, 2.75) is 52.4 Å². The number of hydrogen-bond acceptors (Lipinski definition) is 6. The van der Waals surface area contributed by atoms with Crippen molar-refractivity contribution in [1.29, 1.82) is 0 Å². The quantitative estimate of drug-likeness (QED) is 0.338. The molecule has 0 bridgehead atoms. The molecule has 3 rings (SSSR count). The predicted octanol–water partition coefficient (Wildman–Crippen LogP) is 7.33. The number of rotatable bonds is 6. The Labute approximate surface area is 228 Å². The third kappa shape index (κ3) is 6.55. The molecular formula is C32H42N4O2. The van der Waals surface area contributed by atoms with Gasteiger partial charge in [-0.05, 0) is 58.4 Å². The van der Waals surface area contributed by atoms with Crippen LogP contribution in [0.5, 0.6) is 11.5 Å². The second-order valence-corrected chi connectivity index (χ2v) is 12.2. The fraction of sp³-hybridized carbons (Fsp3) is 0.375. The second-order valence-electron chi connectivity index (χ2n) is 12.2. The van der Waals surface area contributed by atoms with E-state index >= 15 is 0 Å². The molecule has 202 valence electrons. The SMILES string of the molecule is CN(C)c1cc(C(C)(C)C)cc(C=Nc2ccccc2N=Cc2cc(C(C)(C)C)cc(N(C)C)c2O)c1O. The molecule has 3 aromatic rings. The van der Waals surface area contributed by atoms with Crippen LogP contribution in [0, 0.1) is 0 Å². The van der Waals surface area contributed by atoms with Gasteiger partial charge in [0, 0.05) is 51.7 Å². The summed E-state index contributed by atoms with van der Waals surface area (Å²) in [5.74, 6) is 0.376. The van der Waals surface area contributed by atoms with Gasteiger partial charge >= 0.3 is 0 Å². The van der Waals surface area contributed by atoms with E-state index in [2.05, 4.69) is 41.5 Å². The van der Waals surface area contributed by atoms with Gasteiger partial charge in [-0.3, -0.25) is 9.98 Å². The maximum Gasteiger partial charge on any atom is 0.147 e. The molecule has 3 aromatic carbocycles. The largest absolute Gasteiger partial charge is 0.505 e. The molecular weight excluding hydrogens is 472 g/mol.